The van der Waals surface area contributed by atoms with Gasteiger partial charge in [-0.15, -0.1) is 0 Å². The summed E-state index contributed by atoms with van der Waals surface area (Å²) >= 11 is 0. The van der Waals surface area contributed by atoms with E-state index >= 15 is 0 Å². The minimum atomic E-state index is -0.904. The standard InChI is InChI=1S/C10H14N2O2/c11-6-1-7-12-9-4-2-8(3-5-9)10(13)14/h2-5,12H,1,6-7,11H2,(H,13,14). The van der Waals surface area contributed by atoms with Gasteiger partial charge in [-0.05, 0) is 37.2 Å². The first kappa shape index (κ1) is 10.5. The molecule has 0 fully saturated rings. The van der Waals surface area contributed by atoms with Gasteiger partial charge in [-0.1, -0.05) is 0 Å². The summed E-state index contributed by atoms with van der Waals surface area (Å²) in [7, 11) is 0. The lowest BCUT2D eigenvalue weighted by molar-refractivity contribution is 0.0697. The normalized spacial score (nSPS) is 9.79. The van der Waals surface area contributed by atoms with E-state index in [4.69, 9.17) is 10.8 Å². The van der Waals surface area contributed by atoms with E-state index in [0.29, 0.717) is 12.1 Å². The third-order valence-electron chi connectivity index (χ3n) is 1.84. The van der Waals surface area contributed by atoms with Crippen LogP contribution >= 0.6 is 0 Å². The van der Waals surface area contributed by atoms with Crippen molar-refractivity contribution in [2.75, 3.05) is 18.4 Å². The second kappa shape index (κ2) is 5.24. The highest BCUT2D eigenvalue weighted by atomic mass is 16.4. The molecule has 4 N–H and O–H groups in total. The summed E-state index contributed by atoms with van der Waals surface area (Å²) in [6.07, 6.45) is 0.903. The second-order valence-electron chi connectivity index (χ2n) is 2.95. The van der Waals surface area contributed by atoms with E-state index in [2.05, 4.69) is 5.32 Å². The zero-order chi connectivity index (χ0) is 10.4. The number of carboxylic acids is 1. The van der Waals surface area contributed by atoms with Crippen LogP contribution in [-0.2, 0) is 0 Å². The lowest BCUT2D eigenvalue weighted by Crippen LogP contribution is -2.08. The van der Waals surface area contributed by atoms with E-state index in [1.165, 1.54) is 0 Å². The van der Waals surface area contributed by atoms with Gasteiger partial charge < -0.3 is 16.2 Å². The van der Waals surface area contributed by atoms with Crippen molar-refractivity contribution in [3.63, 3.8) is 0 Å². The van der Waals surface area contributed by atoms with Gasteiger partial charge in [0.05, 0.1) is 5.56 Å². The van der Waals surface area contributed by atoms with E-state index in [0.717, 1.165) is 18.7 Å². The number of anilines is 1. The van der Waals surface area contributed by atoms with Crippen LogP contribution in [0.1, 0.15) is 16.8 Å². The van der Waals surface area contributed by atoms with Gasteiger partial charge in [0.25, 0.3) is 0 Å². The third kappa shape index (κ3) is 3.06. The summed E-state index contributed by atoms with van der Waals surface area (Å²) in [4.78, 5) is 10.5. The van der Waals surface area contributed by atoms with Gasteiger partial charge >= 0.3 is 5.97 Å². The third-order valence-corrected chi connectivity index (χ3v) is 1.84. The number of hydrogen-bond donors (Lipinski definition) is 3. The van der Waals surface area contributed by atoms with Crippen LogP contribution in [0.4, 0.5) is 5.69 Å². The molecule has 0 bridgehead atoms. The number of benzene rings is 1. The summed E-state index contributed by atoms with van der Waals surface area (Å²) < 4.78 is 0. The van der Waals surface area contributed by atoms with Crippen molar-refractivity contribution in [3.8, 4) is 0 Å². The monoisotopic (exact) mass is 194 g/mol. The molecule has 0 heterocycles. The Morgan fingerprint density at radius 2 is 2.00 bits per heavy atom. The smallest absolute Gasteiger partial charge is 0.335 e. The zero-order valence-corrected chi connectivity index (χ0v) is 7.86. The Bertz CT molecular complexity index is 295. The first-order valence-electron chi connectivity index (χ1n) is 4.51. The molecule has 0 saturated carbocycles. The molecule has 1 rings (SSSR count). The van der Waals surface area contributed by atoms with Crippen LogP contribution in [0.2, 0.25) is 0 Å². The molecule has 1 aromatic carbocycles. The fourth-order valence-corrected chi connectivity index (χ4v) is 1.07. The number of nitrogens with one attached hydrogen (secondary N) is 1. The van der Waals surface area contributed by atoms with Crippen LogP contribution in [0, 0.1) is 0 Å². The van der Waals surface area contributed by atoms with Gasteiger partial charge in [-0.3, -0.25) is 0 Å². The molecule has 0 spiro atoms. The Morgan fingerprint density at radius 1 is 1.36 bits per heavy atom. The van der Waals surface area contributed by atoms with E-state index in [9.17, 15) is 4.79 Å². The van der Waals surface area contributed by atoms with Crippen LogP contribution in [-0.4, -0.2) is 24.2 Å². The first-order chi connectivity index (χ1) is 6.74. The van der Waals surface area contributed by atoms with Crippen molar-refractivity contribution in [2.24, 2.45) is 5.73 Å². The van der Waals surface area contributed by atoms with Crippen molar-refractivity contribution < 1.29 is 9.90 Å². The van der Waals surface area contributed by atoms with Crippen LogP contribution in [0.3, 0.4) is 0 Å². The lowest BCUT2D eigenvalue weighted by atomic mass is 10.2. The maximum absolute atomic E-state index is 10.5. The average Bonchev–Trinajstić information content (AvgIpc) is 2.19. The lowest BCUT2D eigenvalue weighted by Gasteiger charge is -2.04. The Balaban J connectivity index is 2.51. The molecular weight excluding hydrogens is 180 g/mol. The van der Waals surface area contributed by atoms with E-state index < -0.39 is 5.97 Å². The van der Waals surface area contributed by atoms with E-state index in [-0.39, 0.29) is 0 Å². The predicted molar refractivity (Wildman–Crippen MR) is 55.6 cm³/mol. The summed E-state index contributed by atoms with van der Waals surface area (Å²) in [5, 5.41) is 11.8. The molecule has 0 amide bonds. The molecule has 0 aliphatic carbocycles. The van der Waals surface area contributed by atoms with E-state index in [1.54, 1.807) is 24.3 Å². The molecule has 0 unspecified atom stereocenters. The Morgan fingerprint density at radius 3 is 2.50 bits per heavy atom. The van der Waals surface area contributed by atoms with Crippen molar-refractivity contribution in [1.29, 1.82) is 0 Å². The van der Waals surface area contributed by atoms with Crippen molar-refractivity contribution in [3.05, 3.63) is 29.8 Å². The van der Waals surface area contributed by atoms with Crippen molar-refractivity contribution in [1.82, 2.24) is 0 Å². The number of hydrogen-bond acceptors (Lipinski definition) is 3. The average molecular weight is 194 g/mol. The fraction of sp³-hybridized carbons (Fsp3) is 0.300. The number of carbonyl (C=O) groups is 1. The Kier molecular flexibility index (Phi) is 3.94. The highest BCUT2D eigenvalue weighted by Gasteiger charge is 2.00. The van der Waals surface area contributed by atoms with Crippen LogP contribution in [0.25, 0.3) is 0 Å². The second-order valence-corrected chi connectivity index (χ2v) is 2.95. The molecular formula is C10H14N2O2. The predicted octanol–water partition coefficient (Wildman–Crippen LogP) is 1.15. The quantitative estimate of drug-likeness (QED) is 0.614. The maximum Gasteiger partial charge on any atom is 0.335 e. The molecule has 4 nitrogen and oxygen atoms in total. The topological polar surface area (TPSA) is 75.3 Å². The maximum atomic E-state index is 10.5. The highest BCUT2D eigenvalue weighted by molar-refractivity contribution is 5.87. The number of aromatic carboxylic acids is 1. The number of nitrogens with two attached hydrogens (primary N) is 1. The van der Waals surface area contributed by atoms with Gasteiger partial charge in [-0.25, -0.2) is 4.79 Å². The minimum absolute atomic E-state index is 0.300. The number of rotatable bonds is 5. The van der Waals surface area contributed by atoms with Crippen LogP contribution in [0.5, 0.6) is 0 Å². The fourth-order valence-electron chi connectivity index (χ4n) is 1.07. The Hall–Kier alpha value is -1.55. The van der Waals surface area contributed by atoms with Crippen LogP contribution in [0.15, 0.2) is 24.3 Å². The molecule has 14 heavy (non-hydrogen) atoms. The molecule has 1 aromatic rings. The summed E-state index contributed by atoms with van der Waals surface area (Å²) in [6, 6.07) is 6.65. The molecule has 0 radical (unpaired) electrons. The largest absolute Gasteiger partial charge is 0.478 e. The molecule has 76 valence electrons. The SMILES string of the molecule is NCCCNc1ccc(C(=O)O)cc1. The van der Waals surface area contributed by atoms with Gasteiger partial charge in [-0.2, -0.15) is 0 Å². The van der Waals surface area contributed by atoms with Crippen molar-refractivity contribution >= 4 is 11.7 Å². The van der Waals surface area contributed by atoms with E-state index in [1.807, 2.05) is 0 Å². The molecule has 0 aliphatic heterocycles. The van der Waals surface area contributed by atoms with Gasteiger partial charge in [0.15, 0.2) is 0 Å². The van der Waals surface area contributed by atoms with Gasteiger partial charge in [0.2, 0.25) is 0 Å². The summed E-state index contributed by atoms with van der Waals surface area (Å²) in [6.45, 7) is 1.46. The molecule has 4 heteroatoms. The van der Waals surface area contributed by atoms with Gasteiger partial charge in [0, 0.05) is 12.2 Å². The molecule has 0 atom stereocenters. The van der Waals surface area contributed by atoms with Crippen LogP contribution < -0.4 is 11.1 Å². The molecule has 0 aromatic heterocycles. The highest BCUT2D eigenvalue weighted by Crippen LogP contribution is 2.09. The minimum Gasteiger partial charge on any atom is -0.478 e. The molecule has 0 saturated heterocycles. The van der Waals surface area contributed by atoms with Gasteiger partial charge in [0.1, 0.15) is 0 Å². The first-order valence-corrected chi connectivity index (χ1v) is 4.51. The summed E-state index contributed by atoms with van der Waals surface area (Å²) in [5.41, 5.74) is 6.56. The zero-order valence-electron chi connectivity index (χ0n) is 7.86. The Labute approximate surface area is 82.7 Å². The molecule has 0 aliphatic rings. The van der Waals surface area contributed by atoms with Crippen molar-refractivity contribution in [2.45, 2.75) is 6.42 Å². The number of carboxylic acid groups (broad SMARTS) is 1. The summed E-state index contributed by atoms with van der Waals surface area (Å²) in [5.74, 6) is -0.904.